The molecule has 0 bridgehead atoms. The van der Waals surface area contributed by atoms with Gasteiger partial charge in [-0.1, -0.05) is 147 Å². The predicted molar refractivity (Wildman–Crippen MR) is 206 cm³/mol. The average Bonchev–Trinajstić information content (AvgIpc) is 3.06. The molecular weight excluding hydrogens is 653 g/mol. The molecule has 0 fully saturated rings. The molecule has 0 aliphatic rings. The lowest BCUT2D eigenvalue weighted by molar-refractivity contribution is -0.870. The summed E-state index contributed by atoms with van der Waals surface area (Å²) in [6, 6.07) is 0. The Hall–Kier alpha value is -1.77. The molecule has 0 rings (SSSR count). The Morgan fingerprint density at radius 2 is 1.14 bits per heavy atom. The molecule has 0 aliphatic carbocycles. The highest BCUT2D eigenvalue weighted by atomic mass is 31.2. The summed E-state index contributed by atoms with van der Waals surface area (Å²) in [5.74, 6) is -0.823. The van der Waals surface area contributed by atoms with Crippen LogP contribution in [-0.2, 0) is 32.7 Å². The topological polar surface area (TPSA) is 108 Å². The SMILES string of the molecule is CC/C=C/C=C/C=C/CCCCCCCC(=O)OC(COC(=O)CCCCCCCCCCCCCCC)COP(=O)(O)OCC[N+](C)(C)C. The maximum Gasteiger partial charge on any atom is 0.472 e. The Kier molecular flexibility index (Phi) is 31.9. The van der Waals surface area contributed by atoms with Crippen molar-refractivity contribution in [3.8, 4) is 0 Å². The molecule has 0 aromatic carbocycles. The first-order chi connectivity index (χ1) is 24.0. The number of likely N-dealkylation sites (N-methyl/N-ethyl adjacent to an activating group) is 1. The summed E-state index contributed by atoms with van der Waals surface area (Å²) in [5.41, 5.74) is 0. The molecule has 10 heteroatoms. The summed E-state index contributed by atoms with van der Waals surface area (Å²) in [6.45, 7) is 4.25. The lowest BCUT2D eigenvalue weighted by Crippen LogP contribution is -2.37. The minimum absolute atomic E-state index is 0.0276. The summed E-state index contributed by atoms with van der Waals surface area (Å²) in [6.07, 6.45) is 34.7. The number of hydrogen-bond donors (Lipinski definition) is 1. The molecule has 0 radical (unpaired) electrons. The number of phosphoric acid groups is 1. The maximum atomic E-state index is 12.6. The molecule has 0 spiro atoms. The smallest absolute Gasteiger partial charge is 0.462 e. The minimum atomic E-state index is -4.37. The molecule has 0 aliphatic heterocycles. The van der Waals surface area contributed by atoms with Crippen molar-refractivity contribution in [2.75, 3.05) is 47.5 Å². The highest BCUT2D eigenvalue weighted by Crippen LogP contribution is 2.43. The van der Waals surface area contributed by atoms with Crippen LogP contribution < -0.4 is 0 Å². The fourth-order valence-electron chi connectivity index (χ4n) is 5.13. The zero-order chi connectivity index (χ0) is 37.2. The van der Waals surface area contributed by atoms with E-state index in [0.29, 0.717) is 17.4 Å². The first-order valence-electron chi connectivity index (χ1n) is 19.7. The highest BCUT2D eigenvalue weighted by molar-refractivity contribution is 7.47. The minimum Gasteiger partial charge on any atom is -0.462 e. The van der Waals surface area contributed by atoms with Crippen LogP contribution in [0.2, 0.25) is 0 Å². The number of nitrogens with zero attached hydrogens (tertiary/aromatic N) is 1. The van der Waals surface area contributed by atoms with Crippen LogP contribution in [-0.4, -0.2) is 74.9 Å². The van der Waals surface area contributed by atoms with Crippen LogP contribution in [0.4, 0.5) is 0 Å². The number of carbonyl (C=O) groups excluding carboxylic acids is 2. The molecule has 0 saturated carbocycles. The Morgan fingerprint density at radius 3 is 1.68 bits per heavy atom. The van der Waals surface area contributed by atoms with Gasteiger partial charge in [-0.25, -0.2) is 4.57 Å². The van der Waals surface area contributed by atoms with Crippen LogP contribution in [0.25, 0.3) is 0 Å². The van der Waals surface area contributed by atoms with Gasteiger partial charge in [-0.15, -0.1) is 0 Å². The van der Waals surface area contributed by atoms with Crippen LogP contribution in [0, 0.1) is 0 Å². The van der Waals surface area contributed by atoms with Gasteiger partial charge in [-0.2, -0.15) is 0 Å². The van der Waals surface area contributed by atoms with E-state index in [4.69, 9.17) is 18.5 Å². The van der Waals surface area contributed by atoms with E-state index in [1.807, 2.05) is 39.4 Å². The number of allylic oxidation sites excluding steroid dienone is 6. The zero-order valence-corrected chi connectivity index (χ0v) is 33.5. The molecule has 2 atom stereocenters. The standard InChI is InChI=1S/C40H74NO8P/c1-6-8-10-12-14-16-18-20-22-24-26-28-30-32-39(42)46-36-38(37-48-50(44,45)47-35-34-41(3,4)5)49-40(43)33-31-29-27-25-23-21-19-17-15-13-11-9-7-2/h9,11,13,15,17,19,38H,6-8,10,12,14,16,18,20-37H2,1-5H3/p+1/b11-9+,15-13+,19-17+. The van der Waals surface area contributed by atoms with E-state index in [1.165, 1.54) is 64.2 Å². The molecule has 292 valence electrons. The third-order valence-corrected chi connectivity index (χ3v) is 9.23. The van der Waals surface area contributed by atoms with Gasteiger partial charge in [0.25, 0.3) is 0 Å². The Labute approximate surface area is 306 Å². The number of esters is 2. The summed E-state index contributed by atoms with van der Waals surface area (Å²) in [7, 11) is 1.46. The summed E-state index contributed by atoms with van der Waals surface area (Å²) >= 11 is 0. The third kappa shape index (κ3) is 36.0. The van der Waals surface area contributed by atoms with Gasteiger partial charge < -0.3 is 18.9 Å². The molecule has 0 aromatic heterocycles. The molecule has 0 heterocycles. The van der Waals surface area contributed by atoms with Crippen molar-refractivity contribution in [1.82, 2.24) is 0 Å². The summed E-state index contributed by atoms with van der Waals surface area (Å²) in [4.78, 5) is 35.2. The van der Waals surface area contributed by atoms with Crippen molar-refractivity contribution in [1.29, 1.82) is 0 Å². The second-order valence-corrected chi connectivity index (χ2v) is 15.8. The van der Waals surface area contributed by atoms with Gasteiger partial charge in [-0.3, -0.25) is 18.6 Å². The number of rotatable bonds is 35. The lowest BCUT2D eigenvalue weighted by Gasteiger charge is -2.24. The molecule has 0 saturated heterocycles. The normalized spacial score (nSPS) is 14.1. The maximum absolute atomic E-state index is 12.6. The molecule has 9 nitrogen and oxygen atoms in total. The van der Waals surface area contributed by atoms with Gasteiger partial charge in [0, 0.05) is 12.8 Å². The number of hydrogen-bond acceptors (Lipinski definition) is 7. The van der Waals surface area contributed by atoms with E-state index in [-0.39, 0.29) is 32.0 Å². The second kappa shape index (κ2) is 33.1. The predicted octanol–water partition coefficient (Wildman–Crippen LogP) is 10.6. The first kappa shape index (κ1) is 48.2. The van der Waals surface area contributed by atoms with Gasteiger partial charge in [0.2, 0.25) is 0 Å². The summed E-state index contributed by atoms with van der Waals surface area (Å²) in [5, 5.41) is 0. The number of phosphoric ester groups is 1. The van der Waals surface area contributed by atoms with Gasteiger partial charge >= 0.3 is 19.8 Å². The second-order valence-electron chi connectivity index (χ2n) is 14.4. The Morgan fingerprint density at radius 1 is 0.640 bits per heavy atom. The molecule has 1 N–H and O–H groups in total. The Bertz CT molecular complexity index is 959. The van der Waals surface area contributed by atoms with Crippen molar-refractivity contribution in [2.45, 2.75) is 161 Å². The Balaban J connectivity index is 4.45. The number of ether oxygens (including phenoxy) is 2. The fraction of sp³-hybridized carbons (Fsp3) is 0.800. The highest BCUT2D eigenvalue weighted by Gasteiger charge is 2.27. The van der Waals surface area contributed by atoms with Crippen molar-refractivity contribution in [3.63, 3.8) is 0 Å². The quantitative estimate of drug-likeness (QED) is 0.0226. The molecule has 50 heavy (non-hydrogen) atoms. The van der Waals surface area contributed by atoms with Crippen LogP contribution in [0.3, 0.4) is 0 Å². The van der Waals surface area contributed by atoms with Crippen LogP contribution in [0.5, 0.6) is 0 Å². The molecule has 0 aromatic rings. The third-order valence-electron chi connectivity index (χ3n) is 8.25. The van der Waals surface area contributed by atoms with Crippen LogP contribution >= 0.6 is 7.82 Å². The van der Waals surface area contributed by atoms with Crippen LogP contribution in [0.1, 0.15) is 155 Å². The van der Waals surface area contributed by atoms with E-state index < -0.39 is 26.5 Å². The van der Waals surface area contributed by atoms with Crippen molar-refractivity contribution in [2.24, 2.45) is 0 Å². The molecule has 0 amide bonds. The van der Waals surface area contributed by atoms with Crippen LogP contribution in [0.15, 0.2) is 36.5 Å². The van der Waals surface area contributed by atoms with Crippen molar-refractivity contribution in [3.05, 3.63) is 36.5 Å². The van der Waals surface area contributed by atoms with Gasteiger partial charge in [0.05, 0.1) is 27.7 Å². The molecule has 2 unspecified atom stereocenters. The largest absolute Gasteiger partial charge is 0.472 e. The van der Waals surface area contributed by atoms with E-state index in [2.05, 4.69) is 32.1 Å². The van der Waals surface area contributed by atoms with Crippen molar-refractivity contribution >= 4 is 19.8 Å². The molecular formula is C40H75NO8P+. The van der Waals surface area contributed by atoms with Gasteiger partial charge in [0.15, 0.2) is 6.10 Å². The number of quaternary nitrogens is 1. The first-order valence-corrected chi connectivity index (χ1v) is 21.2. The fourth-order valence-corrected chi connectivity index (χ4v) is 5.87. The summed E-state index contributed by atoms with van der Waals surface area (Å²) < 4.78 is 34.2. The van der Waals surface area contributed by atoms with Gasteiger partial charge in [-0.05, 0) is 32.1 Å². The van der Waals surface area contributed by atoms with E-state index in [9.17, 15) is 19.0 Å². The number of carbonyl (C=O) groups is 2. The number of unbranched alkanes of at least 4 members (excludes halogenated alkanes) is 17. The van der Waals surface area contributed by atoms with E-state index >= 15 is 0 Å². The van der Waals surface area contributed by atoms with E-state index in [0.717, 1.165) is 57.8 Å². The zero-order valence-electron chi connectivity index (χ0n) is 32.6. The van der Waals surface area contributed by atoms with Gasteiger partial charge in [0.1, 0.15) is 19.8 Å². The lowest BCUT2D eigenvalue weighted by atomic mass is 10.0. The average molecular weight is 729 g/mol. The van der Waals surface area contributed by atoms with E-state index in [1.54, 1.807) is 0 Å². The van der Waals surface area contributed by atoms with Crippen molar-refractivity contribution < 1.29 is 42.1 Å². The monoisotopic (exact) mass is 729 g/mol.